The summed E-state index contributed by atoms with van der Waals surface area (Å²) in [6.07, 6.45) is 4.89. The Hall–Kier alpha value is -3.59. The number of nitrogens with one attached hydrogen (secondary N) is 1. The standard InChI is InChI=1S/C18H13N5O3S/c24-16(21-18-20-14(11-27-18)12-3-1-7-19-9-12)10-23-17(25)6-5-13(22-23)15-4-2-8-26-15/h1-9,11H,10H2,(H,20,21,24). The van der Waals surface area contributed by atoms with Gasteiger partial charge < -0.3 is 9.73 Å². The maximum Gasteiger partial charge on any atom is 0.267 e. The number of carbonyl (C=O) groups is 1. The molecule has 1 N–H and O–H groups in total. The van der Waals surface area contributed by atoms with Crippen molar-refractivity contribution < 1.29 is 9.21 Å². The molecule has 0 aliphatic carbocycles. The average Bonchev–Trinajstić information content (AvgIpc) is 3.36. The first-order chi connectivity index (χ1) is 13.2. The monoisotopic (exact) mass is 379 g/mol. The van der Waals surface area contributed by atoms with Gasteiger partial charge in [-0.15, -0.1) is 11.3 Å². The highest BCUT2D eigenvalue weighted by Crippen LogP contribution is 2.24. The number of rotatable bonds is 5. The lowest BCUT2D eigenvalue weighted by molar-refractivity contribution is -0.117. The molecule has 0 fully saturated rings. The fourth-order valence-electron chi connectivity index (χ4n) is 2.39. The van der Waals surface area contributed by atoms with Crippen molar-refractivity contribution in [3.8, 4) is 22.7 Å². The minimum Gasteiger partial charge on any atom is -0.463 e. The molecule has 0 aromatic carbocycles. The number of aromatic nitrogens is 4. The second-order valence-electron chi connectivity index (χ2n) is 5.52. The van der Waals surface area contributed by atoms with Crippen molar-refractivity contribution in [2.45, 2.75) is 6.54 Å². The molecule has 0 bridgehead atoms. The summed E-state index contributed by atoms with van der Waals surface area (Å²) in [6.45, 7) is -0.227. The fraction of sp³-hybridized carbons (Fsp3) is 0.0556. The molecule has 0 aliphatic rings. The molecule has 4 aromatic rings. The van der Waals surface area contributed by atoms with Crippen LogP contribution in [-0.2, 0) is 11.3 Å². The topological polar surface area (TPSA) is 103 Å². The quantitative estimate of drug-likeness (QED) is 0.572. The van der Waals surface area contributed by atoms with E-state index in [-0.39, 0.29) is 12.1 Å². The number of hydrogen-bond donors (Lipinski definition) is 1. The normalized spacial score (nSPS) is 10.7. The Balaban J connectivity index is 1.48. The molecule has 0 atom stereocenters. The smallest absolute Gasteiger partial charge is 0.267 e. The molecule has 0 radical (unpaired) electrons. The van der Waals surface area contributed by atoms with Gasteiger partial charge in [-0.05, 0) is 30.3 Å². The molecule has 0 saturated carbocycles. The predicted molar refractivity (Wildman–Crippen MR) is 100 cm³/mol. The number of hydrogen-bond acceptors (Lipinski definition) is 7. The van der Waals surface area contributed by atoms with Crippen LogP contribution in [0.4, 0.5) is 5.13 Å². The molecule has 0 aliphatic heterocycles. The summed E-state index contributed by atoms with van der Waals surface area (Å²) < 4.78 is 6.35. The Bertz CT molecular complexity index is 1120. The number of amides is 1. The molecule has 0 unspecified atom stereocenters. The van der Waals surface area contributed by atoms with Crippen LogP contribution in [0.1, 0.15) is 0 Å². The van der Waals surface area contributed by atoms with E-state index in [2.05, 4.69) is 20.4 Å². The maximum atomic E-state index is 12.3. The molecule has 0 saturated heterocycles. The van der Waals surface area contributed by atoms with Crippen LogP contribution in [0, 0.1) is 0 Å². The first-order valence-electron chi connectivity index (χ1n) is 7.97. The summed E-state index contributed by atoms with van der Waals surface area (Å²) in [5.74, 6) is 0.124. The SMILES string of the molecule is O=C(Cn1nc(-c2ccco2)ccc1=O)Nc1nc(-c2cccnc2)cs1. The highest BCUT2D eigenvalue weighted by atomic mass is 32.1. The van der Waals surface area contributed by atoms with Gasteiger partial charge in [0, 0.05) is 29.4 Å². The number of anilines is 1. The Labute approximate surface area is 157 Å². The van der Waals surface area contributed by atoms with E-state index in [4.69, 9.17) is 4.42 Å². The molecule has 0 spiro atoms. The van der Waals surface area contributed by atoms with Crippen molar-refractivity contribution in [3.63, 3.8) is 0 Å². The van der Waals surface area contributed by atoms with E-state index in [0.717, 1.165) is 15.9 Å². The summed E-state index contributed by atoms with van der Waals surface area (Å²) in [4.78, 5) is 32.7. The van der Waals surface area contributed by atoms with Crippen molar-refractivity contribution >= 4 is 22.4 Å². The lowest BCUT2D eigenvalue weighted by Crippen LogP contribution is -2.29. The predicted octanol–water partition coefficient (Wildman–Crippen LogP) is 2.66. The minimum atomic E-state index is -0.395. The largest absolute Gasteiger partial charge is 0.463 e. The number of carbonyl (C=O) groups excluding carboxylic acids is 1. The highest BCUT2D eigenvalue weighted by molar-refractivity contribution is 7.14. The third-order valence-corrected chi connectivity index (χ3v) is 4.40. The first kappa shape index (κ1) is 16.9. The molecule has 9 heteroatoms. The molecule has 4 heterocycles. The third kappa shape index (κ3) is 3.82. The summed E-state index contributed by atoms with van der Waals surface area (Å²) in [5, 5.41) is 9.13. The van der Waals surface area contributed by atoms with Crippen LogP contribution in [0.2, 0.25) is 0 Å². The molecule has 8 nitrogen and oxygen atoms in total. The average molecular weight is 379 g/mol. The molecule has 4 rings (SSSR count). The highest BCUT2D eigenvalue weighted by Gasteiger charge is 2.12. The summed E-state index contributed by atoms with van der Waals surface area (Å²) in [7, 11) is 0. The lowest BCUT2D eigenvalue weighted by atomic mass is 10.2. The van der Waals surface area contributed by atoms with Gasteiger partial charge in [0.25, 0.3) is 5.56 Å². The first-order valence-corrected chi connectivity index (χ1v) is 8.85. The van der Waals surface area contributed by atoms with Gasteiger partial charge in [-0.25, -0.2) is 9.67 Å². The van der Waals surface area contributed by atoms with Crippen LogP contribution < -0.4 is 10.9 Å². The van der Waals surface area contributed by atoms with Crippen LogP contribution in [0.5, 0.6) is 0 Å². The van der Waals surface area contributed by atoms with Gasteiger partial charge >= 0.3 is 0 Å². The van der Waals surface area contributed by atoms with Gasteiger partial charge in [-0.3, -0.25) is 14.6 Å². The zero-order valence-electron chi connectivity index (χ0n) is 13.9. The van der Waals surface area contributed by atoms with E-state index in [1.807, 2.05) is 17.5 Å². The zero-order valence-corrected chi connectivity index (χ0v) is 14.7. The van der Waals surface area contributed by atoms with E-state index in [1.54, 1.807) is 30.6 Å². The van der Waals surface area contributed by atoms with E-state index in [1.165, 1.54) is 23.7 Å². The van der Waals surface area contributed by atoms with Crippen molar-refractivity contribution in [1.82, 2.24) is 19.7 Å². The number of furan rings is 1. The summed E-state index contributed by atoms with van der Waals surface area (Å²) in [6, 6.07) is 10.1. The summed E-state index contributed by atoms with van der Waals surface area (Å²) >= 11 is 1.30. The Morgan fingerprint density at radius 3 is 2.89 bits per heavy atom. The van der Waals surface area contributed by atoms with Gasteiger partial charge in [0.05, 0.1) is 12.0 Å². The number of pyridine rings is 1. The van der Waals surface area contributed by atoms with Gasteiger partial charge in [0.2, 0.25) is 5.91 Å². The van der Waals surface area contributed by atoms with E-state index < -0.39 is 5.91 Å². The van der Waals surface area contributed by atoms with Gasteiger partial charge in [-0.1, -0.05) is 0 Å². The van der Waals surface area contributed by atoms with E-state index >= 15 is 0 Å². The molecular formula is C18H13N5O3S. The molecule has 1 amide bonds. The Kier molecular flexibility index (Phi) is 4.58. The van der Waals surface area contributed by atoms with Crippen LogP contribution in [-0.4, -0.2) is 25.7 Å². The Morgan fingerprint density at radius 2 is 2.11 bits per heavy atom. The van der Waals surface area contributed by atoms with Crippen LogP contribution in [0.25, 0.3) is 22.7 Å². The van der Waals surface area contributed by atoms with Crippen molar-refractivity contribution in [2.75, 3.05) is 5.32 Å². The second kappa shape index (κ2) is 7.34. The molecular weight excluding hydrogens is 366 g/mol. The molecule has 134 valence electrons. The Morgan fingerprint density at radius 1 is 1.19 bits per heavy atom. The van der Waals surface area contributed by atoms with Crippen molar-refractivity contribution in [1.29, 1.82) is 0 Å². The second-order valence-corrected chi connectivity index (χ2v) is 6.38. The number of thiazole rings is 1. The van der Waals surface area contributed by atoms with Gasteiger partial charge in [0.1, 0.15) is 12.2 Å². The zero-order chi connectivity index (χ0) is 18.6. The van der Waals surface area contributed by atoms with Crippen molar-refractivity contribution in [2.24, 2.45) is 0 Å². The minimum absolute atomic E-state index is 0.227. The lowest BCUT2D eigenvalue weighted by Gasteiger charge is -2.05. The van der Waals surface area contributed by atoms with E-state index in [9.17, 15) is 9.59 Å². The van der Waals surface area contributed by atoms with Gasteiger partial charge in [0.15, 0.2) is 10.9 Å². The van der Waals surface area contributed by atoms with Gasteiger partial charge in [-0.2, -0.15) is 5.10 Å². The third-order valence-electron chi connectivity index (χ3n) is 3.64. The van der Waals surface area contributed by atoms with Crippen molar-refractivity contribution in [3.05, 3.63) is 70.8 Å². The van der Waals surface area contributed by atoms with E-state index in [0.29, 0.717) is 16.6 Å². The maximum absolute atomic E-state index is 12.3. The molecule has 4 aromatic heterocycles. The number of nitrogens with zero attached hydrogens (tertiary/aromatic N) is 4. The van der Waals surface area contributed by atoms with Crippen LogP contribution in [0.3, 0.4) is 0 Å². The molecule has 27 heavy (non-hydrogen) atoms. The van der Waals surface area contributed by atoms with Crippen LogP contribution >= 0.6 is 11.3 Å². The summed E-state index contributed by atoms with van der Waals surface area (Å²) in [5.41, 5.74) is 1.67. The van der Waals surface area contributed by atoms with Crippen LogP contribution in [0.15, 0.2) is 69.6 Å². The fourth-order valence-corrected chi connectivity index (χ4v) is 3.13.